The van der Waals surface area contributed by atoms with Gasteiger partial charge in [-0.05, 0) is 18.8 Å². The molecule has 3 N–H and O–H groups in total. The zero-order valence-corrected chi connectivity index (χ0v) is 11.2. The van der Waals surface area contributed by atoms with Crippen LogP contribution < -0.4 is 11.1 Å². The van der Waals surface area contributed by atoms with Gasteiger partial charge < -0.3 is 11.1 Å². The van der Waals surface area contributed by atoms with Crippen molar-refractivity contribution in [3.63, 3.8) is 0 Å². The number of rotatable bonds is 2. The lowest BCUT2D eigenvalue weighted by molar-refractivity contribution is -0.122. The third-order valence-electron chi connectivity index (χ3n) is 3.74. The van der Waals surface area contributed by atoms with Gasteiger partial charge >= 0.3 is 0 Å². The molecule has 0 radical (unpaired) electrons. The molecule has 1 aliphatic carbocycles. The van der Waals surface area contributed by atoms with Gasteiger partial charge in [0.05, 0.1) is 11.2 Å². The molecule has 0 heterocycles. The van der Waals surface area contributed by atoms with Gasteiger partial charge in [-0.3, -0.25) is 4.79 Å². The SMILES string of the molecule is CC1CCCC(N)(C(=O)Nc2cc(F)c(F)cc2F)C1. The van der Waals surface area contributed by atoms with Crippen LogP contribution in [0.4, 0.5) is 18.9 Å². The molecule has 0 aromatic heterocycles. The van der Waals surface area contributed by atoms with Gasteiger partial charge in [0.2, 0.25) is 5.91 Å². The molecule has 1 aromatic carbocycles. The molecule has 0 aliphatic heterocycles. The minimum Gasteiger partial charge on any atom is -0.322 e. The predicted molar refractivity (Wildman–Crippen MR) is 69.5 cm³/mol. The average molecular weight is 286 g/mol. The fraction of sp³-hybridized carbons (Fsp3) is 0.500. The zero-order valence-electron chi connectivity index (χ0n) is 11.2. The molecule has 1 fully saturated rings. The van der Waals surface area contributed by atoms with Gasteiger partial charge in [0.1, 0.15) is 5.82 Å². The Morgan fingerprint density at radius 3 is 2.60 bits per heavy atom. The lowest BCUT2D eigenvalue weighted by atomic mass is 9.76. The van der Waals surface area contributed by atoms with E-state index in [4.69, 9.17) is 5.73 Å². The van der Waals surface area contributed by atoms with E-state index in [2.05, 4.69) is 5.32 Å². The number of amides is 1. The second-order valence-electron chi connectivity index (χ2n) is 5.56. The molecule has 0 saturated heterocycles. The first-order chi connectivity index (χ1) is 9.32. The first-order valence-electron chi connectivity index (χ1n) is 6.57. The van der Waals surface area contributed by atoms with Gasteiger partial charge in [-0.1, -0.05) is 19.8 Å². The van der Waals surface area contributed by atoms with Crippen LogP contribution in [0.1, 0.15) is 32.6 Å². The van der Waals surface area contributed by atoms with Crippen molar-refractivity contribution in [3.05, 3.63) is 29.6 Å². The maximum Gasteiger partial charge on any atom is 0.244 e. The van der Waals surface area contributed by atoms with Crippen molar-refractivity contribution >= 4 is 11.6 Å². The number of hydrogen-bond donors (Lipinski definition) is 2. The molecule has 0 spiro atoms. The Morgan fingerprint density at radius 2 is 1.95 bits per heavy atom. The summed E-state index contributed by atoms with van der Waals surface area (Å²) in [6.07, 6.45) is 2.79. The minimum atomic E-state index is -1.30. The highest BCUT2D eigenvalue weighted by Crippen LogP contribution is 2.31. The summed E-state index contributed by atoms with van der Waals surface area (Å²) in [4.78, 5) is 12.2. The number of carbonyl (C=O) groups is 1. The Kier molecular flexibility index (Phi) is 4.04. The van der Waals surface area contributed by atoms with Gasteiger partial charge in [0, 0.05) is 12.1 Å². The van der Waals surface area contributed by atoms with Crippen LogP contribution in [-0.2, 0) is 4.79 Å². The molecule has 2 unspecified atom stereocenters. The first kappa shape index (κ1) is 14.8. The van der Waals surface area contributed by atoms with Crippen molar-refractivity contribution in [2.75, 3.05) is 5.32 Å². The third-order valence-corrected chi connectivity index (χ3v) is 3.74. The van der Waals surface area contributed by atoms with Gasteiger partial charge in [-0.25, -0.2) is 13.2 Å². The summed E-state index contributed by atoms with van der Waals surface area (Å²) in [5.74, 6) is -3.80. The summed E-state index contributed by atoms with van der Waals surface area (Å²) >= 11 is 0. The third kappa shape index (κ3) is 2.95. The van der Waals surface area contributed by atoms with Crippen LogP contribution in [0.3, 0.4) is 0 Å². The van der Waals surface area contributed by atoms with Gasteiger partial charge in [-0.2, -0.15) is 0 Å². The summed E-state index contributed by atoms with van der Waals surface area (Å²) in [6, 6.07) is 1.02. The molecule has 0 bridgehead atoms. The highest BCUT2D eigenvalue weighted by molar-refractivity contribution is 5.98. The number of nitrogens with one attached hydrogen (secondary N) is 1. The van der Waals surface area contributed by atoms with E-state index in [1.54, 1.807) is 0 Å². The maximum atomic E-state index is 13.5. The molecular weight excluding hydrogens is 269 g/mol. The van der Waals surface area contributed by atoms with Crippen molar-refractivity contribution in [1.29, 1.82) is 0 Å². The molecule has 2 rings (SSSR count). The lowest BCUT2D eigenvalue weighted by Crippen LogP contribution is -2.53. The van der Waals surface area contributed by atoms with Gasteiger partial charge in [-0.15, -0.1) is 0 Å². The molecular formula is C14H17F3N2O. The molecule has 6 heteroatoms. The zero-order chi connectivity index (χ0) is 14.9. The smallest absolute Gasteiger partial charge is 0.244 e. The van der Waals surface area contributed by atoms with Crippen LogP contribution in [0.2, 0.25) is 0 Å². The second kappa shape index (κ2) is 5.44. The lowest BCUT2D eigenvalue weighted by Gasteiger charge is -2.35. The topological polar surface area (TPSA) is 55.1 Å². The second-order valence-corrected chi connectivity index (χ2v) is 5.56. The number of hydrogen-bond acceptors (Lipinski definition) is 2. The van der Waals surface area contributed by atoms with E-state index in [9.17, 15) is 18.0 Å². The Hall–Kier alpha value is -1.56. The first-order valence-corrected chi connectivity index (χ1v) is 6.57. The van der Waals surface area contributed by atoms with Crippen LogP contribution in [0.5, 0.6) is 0 Å². The molecule has 1 amide bonds. The van der Waals surface area contributed by atoms with E-state index in [1.807, 2.05) is 6.92 Å². The number of nitrogens with two attached hydrogens (primary N) is 1. The van der Waals surface area contributed by atoms with Crippen LogP contribution in [0, 0.1) is 23.4 Å². The van der Waals surface area contributed by atoms with Crippen molar-refractivity contribution < 1.29 is 18.0 Å². The number of anilines is 1. The number of halogens is 3. The fourth-order valence-electron chi connectivity index (χ4n) is 2.66. The summed E-state index contributed by atoms with van der Waals surface area (Å²) in [6.45, 7) is 1.99. The Bertz CT molecular complexity index is 535. The fourth-order valence-corrected chi connectivity index (χ4v) is 2.66. The number of carbonyl (C=O) groups excluding carboxylic acids is 1. The Balaban J connectivity index is 2.17. The standard InChI is InChI=1S/C14H17F3N2O/c1-8-3-2-4-14(18,7-8)13(20)19-12-6-10(16)9(15)5-11(12)17/h5-6,8H,2-4,7,18H2,1H3,(H,19,20). The molecule has 3 nitrogen and oxygen atoms in total. The van der Waals surface area contributed by atoms with Crippen molar-refractivity contribution in [2.45, 2.75) is 38.1 Å². The van der Waals surface area contributed by atoms with Crippen LogP contribution in [0.15, 0.2) is 12.1 Å². The predicted octanol–water partition coefficient (Wildman–Crippen LogP) is 2.95. The highest BCUT2D eigenvalue weighted by Gasteiger charge is 2.38. The van der Waals surface area contributed by atoms with E-state index >= 15 is 0 Å². The van der Waals surface area contributed by atoms with E-state index in [1.165, 1.54) is 0 Å². The normalized spacial score (nSPS) is 26.4. The highest BCUT2D eigenvalue weighted by atomic mass is 19.2. The van der Waals surface area contributed by atoms with Gasteiger partial charge in [0.25, 0.3) is 0 Å². The number of benzene rings is 1. The summed E-state index contributed by atoms with van der Waals surface area (Å²) in [5, 5.41) is 2.26. The summed E-state index contributed by atoms with van der Waals surface area (Å²) in [7, 11) is 0. The van der Waals surface area contributed by atoms with Crippen LogP contribution >= 0.6 is 0 Å². The quantitative estimate of drug-likeness (QED) is 0.821. The largest absolute Gasteiger partial charge is 0.322 e. The minimum absolute atomic E-state index is 0.300. The molecule has 1 saturated carbocycles. The molecule has 1 aliphatic rings. The molecule has 110 valence electrons. The summed E-state index contributed by atoms with van der Waals surface area (Å²) < 4.78 is 39.4. The van der Waals surface area contributed by atoms with Crippen LogP contribution in [0.25, 0.3) is 0 Å². The van der Waals surface area contributed by atoms with Crippen LogP contribution in [-0.4, -0.2) is 11.4 Å². The van der Waals surface area contributed by atoms with Gasteiger partial charge in [0.15, 0.2) is 11.6 Å². The van der Waals surface area contributed by atoms with E-state index < -0.39 is 34.6 Å². The van der Waals surface area contributed by atoms with Crippen molar-refractivity contribution in [3.8, 4) is 0 Å². The molecule has 20 heavy (non-hydrogen) atoms. The average Bonchev–Trinajstić information content (AvgIpc) is 2.35. The Labute approximate surface area is 115 Å². The monoisotopic (exact) mass is 286 g/mol. The van der Waals surface area contributed by atoms with E-state index in [0.717, 1.165) is 12.8 Å². The van der Waals surface area contributed by atoms with Crippen molar-refractivity contribution in [2.24, 2.45) is 11.7 Å². The van der Waals surface area contributed by atoms with Crippen molar-refractivity contribution in [1.82, 2.24) is 0 Å². The Morgan fingerprint density at radius 1 is 1.30 bits per heavy atom. The maximum absolute atomic E-state index is 13.5. The molecule has 2 atom stereocenters. The van der Waals surface area contributed by atoms with E-state index in [0.29, 0.717) is 30.9 Å². The van der Waals surface area contributed by atoms with E-state index in [-0.39, 0.29) is 0 Å². The summed E-state index contributed by atoms with van der Waals surface area (Å²) in [5.41, 5.74) is 4.58. The molecule has 1 aromatic rings.